The third kappa shape index (κ3) is 3.68. The normalized spacial score (nSPS) is 21.4. The van der Waals surface area contributed by atoms with E-state index in [0.29, 0.717) is 43.6 Å². The zero-order valence-electron chi connectivity index (χ0n) is 13.6. The van der Waals surface area contributed by atoms with E-state index in [1.807, 2.05) is 4.90 Å². The summed E-state index contributed by atoms with van der Waals surface area (Å²) in [7, 11) is -3.55. The Bertz CT molecular complexity index is 774. The lowest BCUT2D eigenvalue weighted by Gasteiger charge is -2.37. The zero-order chi connectivity index (χ0) is 18.2. The maximum Gasteiger partial charge on any atom is 0.324 e. The highest BCUT2D eigenvalue weighted by molar-refractivity contribution is 7.91. The van der Waals surface area contributed by atoms with Crippen molar-refractivity contribution in [2.45, 2.75) is 17.2 Å². The van der Waals surface area contributed by atoms with Crippen LogP contribution in [0.1, 0.15) is 6.92 Å². The van der Waals surface area contributed by atoms with Crippen LogP contribution in [0, 0.1) is 0 Å². The highest BCUT2D eigenvalue weighted by Crippen LogP contribution is 2.28. The van der Waals surface area contributed by atoms with E-state index in [9.17, 15) is 18.0 Å². The Morgan fingerprint density at radius 3 is 2.44 bits per heavy atom. The molecule has 0 bridgehead atoms. The first-order chi connectivity index (χ1) is 11.8. The number of hydrogen-bond acceptors (Lipinski definition) is 6. The maximum absolute atomic E-state index is 12.6. The minimum atomic E-state index is -3.55. The predicted molar refractivity (Wildman–Crippen MR) is 94.2 cm³/mol. The van der Waals surface area contributed by atoms with Gasteiger partial charge in [-0.3, -0.25) is 14.6 Å². The number of carbonyl (C=O) groups is 2. The number of nitrogens with zero attached hydrogens (tertiary/aromatic N) is 3. The van der Waals surface area contributed by atoms with Crippen LogP contribution in [0.3, 0.4) is 0 Å². The van der Waals surface area contributed by atoms with E-state index >= 15 is 0 Å². The van der Waals surface area contributed by atoms with Crippen molar-refractivity contribution in [3.05, 3.63) is 16.5 Å². The molecule has 3 heterocycles. The number of hydrogen-bond donors (Lipinski definition) is 1. The second kappa shape index (κ2) is 7.20. The number of urea groups is 1. The number of imide groups is 1. The Hall–Kier alpha value is -1.20. The quantitative estimate of drug-likeness (QED) is 0.792. The molecule has 2 fully saturated rings. The summed E-state index contributed by atoms with van der Waals surface area (Å²) < 4.78 is 27.3. The molecule has 1 N–H and O–H groups in total. The smallest absolute Gasteiger partial charge is 0.324 e. The minimum absolute atomic E-state index is 0.226. The Balaban J connectivity index is 1.61. The molecule has 11 heteroatoms. The molecule has 25 heavy (non-hydrogen) atoms. The molecule has 1 aromatic rings. The fourth-order valence-electron chi connectivity index (χ4n) is 2.96. The van der Waals surface area contributed by atoms with E-state index in [-0.39, 0.29) is 16.1 Å². The van der Waals surface area contributed by atoms with Crippen molar-refractivity contribution < 1.29 is 18.0 Å². The van der Waals surface area contributed by atoms with E-state index in [4.69, 9.17) is 11.6 Å². The molecule has 2 aliphatic heterocycles. The van der Waals surface area contributed by atoms with Gasteiger partial charge in [-0.15, -0.1) is 11.3 Å². The number of nitrogens with one attached hydrogen (secondary N) is 1. The van der Waals surface area contributed by atoms with Gasteiger partial charge in [0.25, 0.3) is 10.0 Å². The highest BCUT2D eigenvalue weighted by atomic mass is 35.5. The monoisotopic (exact) mass is 406 g/mol. The van der Waals surface area contributed by atoms with Crippen LogP contribution < -0.4 is 5.32 Å². The lowest BCUT2D eigenvalue weighted by Crippen LogP contribution is -2.55. The van der Waals surface area contributed by atoms with E-state index in [1.165, 1.54) is 15.3 Å². The molecule has 1 aromatic heterocycles. The van der Waals surface area contributed by atoms with Gasteiger partial charge in [-0.1, -0.05) is 11.6 Å². The van der Waals surface area contributed by atoms with Gasteiger partial charge in [0.1, 0.15) is 4.21 Å². The highest BCUT2D eigenvalue weighted by Gasteiger charge is 2.36. The van der Waals surface area contributed by atoms with Crippen molar-refractivity contribution in [1.29, 1.82) is 0 Å². The maximum atomic E-state index is 12.6. The number of piperazine rings is 1. The summed E-state index contributed by atoms with van der Waals surface area (Å²) in [6.45, 7) is 4.03. The first-order valence-electron chi connectivity index (χ1n) is 7.89. The number of carbonyl (C=O) groups excluding carboxylic acids is 2. The fraction of sp³-hybridized carbons (Fsp3) is 0.571. The number of halogens is 1. The SMILES string of the molecule is C[C@H](C(=O)N1CCNC1=O)N1CCN(S(=O)(=O)c2ccc(Cl)s2)CC1. The van der Waals surface area contributed by atoms with Crippen molar-refractivity contribution in [1.82, 2.24) is 19.4 Å². The van der Waals surface area contributed by atoms with E-state index < -0.39 is 16.1 Å². The summed E-state index contributed by atoms with van der Waals surface area (Å²) in [5.41, 5.74) is 0. The molecule has 1 atom stereocenters. The lowest BCUT2D eigenvalue weighted by molar-refractivity contribution is -0.133. The zero-order valence-corrected chi connectivity index (χ0v) is 16.0. The molecule has 0 saturated carbocycles. The van der Waals surface area contributed by atoms with Crippen LogP contribution >= 0.6 is 22.9 Å². The van der Waals surface area contributed by atoms with Crippen LogP contribution in [-0.4, -0.2) is 79.8 Å². The molecule has 0 unspecified atom stereocenters. The van der Waals surface area contributed by atoms with Gasteiger partial charge < -0.3 is 5.32 Å². The minimum Gasteiger partial charge on any atom is -0.336 e. The van der Waals surface area contributed by atoms with Crippen molar-refractivity contribution >= 4 is 44.9 Å². The van der Waals surface area contributed by atoms with Crippen LogP contribution in [0.25, 0.3) is 0 Å². The van der Waals surface area contributed by atoms with Crippen LogP contribution in [0.2, 0.25) is 4.34 Å². The summed E-state index contributed by atoms with van der Waals surface area (Å²) in [6, 6.07) is 2.24. The topological polar surface area (TPSA) is 90.0 Å². The first-order valence-corrected chi connectivity index (χ1v) is 10.5. The summed E-state index contributed by atoms with van der Waals surface area (Å²) in [5, 5.41) is 2.61. The number of thiophene rings is 1. The van der Waals surface area contributed by atoms with Gasteiger partial charge in [0.15, 0.2) is 0 Å². The molecule has 0 aliphatic carbocycles. The average molecular weight is 407 g/mol. The van der Waals surface area contributed by atoms with Gasteiger partial charge >= 0.3 is 6.03 Å². The molecule has 0 spiro atoms. The number of amides is 3. The first kappa shape index (κ1) is 18.6. The van der Waals surface area contributed by atoms with Crippen LogP contribution in [0.5, 0.6) is 0 Å². The molecule has 0 aromatic carbocycles. The van der Waals surface area contributed by atoms with Gasteiger partial charge in [0, 0.05) is 39.3 Å². The largest absolute Gasteiger partial charge is 0.336 e. The molecular weight excluding hydrogens is 388 g/mol. The van der Waals surface area contributed by atoms with Crippen LogP contribution in [0.15, 0.2) is 16.3 Å². The van der Waals surface area contributed by atoms with E-state index in [0.717, 1.165) is 11.3 Å². The van der Waals surface area contributed by atoms with Crippen molar-refractivity contribution in [2.24, 2.45) is 0 Å². The van der Waals surface area contributed by atoms with Gasteiger partial charge in [-0.25, -0.2) is 13.2 Å². The molecule has 0 radical (unpaired) electrons. The molecule has 2 saturated heterocycles. The average Bonchev–Trinajstić information content (AvgIpc) is 3.22. The third-order valence-corrected chi connectivity index (χ3v) is 8.04. The van der Waals surface area contributed by atoms with Gasteiger partial charge in [-0.2, -0.15) is 4.31 Å². The molecular formula is C14H19ClN4O4S2. The molecule has 8 nitrogen and oxygen atoms in total. The summed E-state index contributed by atoms with van der Waals surface area (Å²) in [6.07, 6.45) is 0. The number of rotatable bonds is 4. The summed E-state index contributed by atoms with van der Waals surface area (Å²) in [5.74, 6) is -0.253. The molecule has 138 valence electrons. The third-order valence-electron chi connectivity index (χ3n) is 4.44. The van der Waals surface area contributed by atoms with Gasteiger partial charge in [0.2, 0.25) is 5.91 Å². The van der Waals surface area contributed by atoms with Gasteiger partial charge in [-0.05, 0) is 19.1 Å². The molecule has 3 amide bonds. The second-order valence-corrected chi connectivity index (χ2v) is 9.78. The standard InChI is InChI=1S/C14H19ClN4O4S2/c1-10(13(20)19-5-4-16-14(19)21)17-6-8-18(9-7-17)25(22,23)12-3-2-11(15)24-12/h2-3,10H,4-9H2,1H3,(H,16,21)/t10-/m1/s1. The van der Waals surface area contributed by atoms with Crippen molar-refractivity contribution in [2.75, 3.05) is 39.3 Å². The Morgan fingerprint density at radius 1 is 1.24 bits per heavy atom. The Kier molecular flexibility index (Phi) is 5.35. The lowest BCUT2D eigenvalue weighted by atomic mass is 10.2. The van der Waals surface area contributed by atoms with Crippen LogP contribution in [-0.2, 0) is 14.8 Å². The second-order valence-electron chi connectivity index (χ2n) is 5.90. The Labute approximate surface area is 155 Å². The van der Waals surface area contributed by atoms with Crippen molar-refractivity contribution in [3.8, 4) is 0 Å². The van der Waals surface area contributed by atoms with Crippen LogP contribution in [0.4, 0.5) is 4.79 Å². The summed E-state index contributed by atoms with van der Waals surface area (Å²) >= 11 is 6.87. The molecule has 3 rings (SSSR count). The predicted octanol–water partition coefficient (Wildman–Crippen LogP) is 0.648. The van der Waals surface area contributed by atoms with E-state index in [1.54, 1.807) is 13.0 Å². The summed E-state index contributed by atoms with van der Waals surface area (Å²) in [4.78, 5) is 27.2. The van der Waals surface area contributed by atoms with Crippen molar-refractivity contribution in [3.63, 3.8) is 0 Å². The Morgan fingerprint density at radius 2 is 1.92 bits per heavy atom. The molecule has 2 aliphatic rings. The number of sulfonamides is 1. The van der Waals surface area contributed by atoms with E-state index in [2.05, 4.69) is 5.32 Å². The van der Waals surface area contributed by atoms with Gasteiger partial charge in [0.05, 0.1) is 10.4 Å². The fourth-order valence-corrected chi connectivity index (χ4v) is 6.02.